The predicted octanol–water partition coefficient (Wildman–Crippen LogP) is 2.02. The van der Waals surface area contributed by atoms with Crippen molar-refractivity contribution < 1.29 is 9.53 Å². The number of amides is 1. The Labute approximate surface area is 125 Å². The van der Waals surface area contributed by atoms with Gasteiger partial charge in [-0.3, -0.25) is 14.8 Å². The summed E-state index contributed by atoms with van der Waals surface area (Å²) in [4.78, 5) is 20.2. The minimum atomic E-state index is 0.0566. The summed E-state index contributed by atoms with van der Waals surface area (Å²) in [5.41, 5.74) is 0.917. The quantitative estimate of drug-likeness (QED) is 0.921. The van der Waals surface area contributed by atoms with Crippen molar-refractivity contribution in [3.8, 4) is 0 Å². The molecule has 0 radical (unpaired) electrons. The Morgan fingerprint density at radius 3 is 2.95 bits per heavy atom. The van der Waals surface area contributed by atoms with Gasteiger partial charge in [-0.1, -0.05) is 19.3 Å². The zero-order chi connectivity index (χ0) is 14.5. The van der Waals surface area contributed by atoms with Gasteiger partial charge in [0.15, 0.2) is 0 Å². The fourth-order valence-corrected chi connectivity index (χ4v) is 3.48. The van der Waals surface area contributed by atoms with E-state index in [2.05, 4.69) is 15.3 Å². The molecule has 1 aromatic heterocycles. The number of hydrogen-bond acceptors (Lipinski definition) is 4. The summed E-state index contributed by atoms with van der Waals surface area (Å²) in [7, 11) is 0. The van der Waals surface area contributed by atoms with Crippen LogP contribution in [0.1, 0.15) is 50.6 Å². The number of rotatable bonds is 4. The van der Waals surface area contributed by atoms with Gasteiger partial charge >= 0.3 is 0 Å². The molecule has 2 fully saturated rings. The fourth-order valence-electron chi connectivity index (χ4n) is 3.48. The summed E-state index contributed by atoms with van der Waals surface area (Å²) in [5, 5.41) is 3.11. The molecule has 114 valence electrons. The molecule has 0 unspecified atom stereocenters. The number of aromatic nitrogens is 2. The average Bonchev–Trinajstić information content (AvgIpc) is 2.89. The van der Waals surface area contributed by atoms with Gasteiger partial charge in [0, 0.05) is 25.0 Å². The fraction of sp³-hybridized carbons (Fsp3) is 0.688. The second kappa shape index (κ2) is 6.52. The minimum absolute atomic E-state index is 0.0566. The van der Waals surface area contributed by atoms with Crippen molar-refractivity contribution in [3.05, 3.63) is 24.3 Å². The van der Waals surface area contributed by atoms with Crippen molar-refractivity contribution in [1.29, 1.82) is 0 Å². The minimum Gasteiger partial charge on any atom is -0.373 e. The lowest BCUT2D eigenvalue weighted by Gasteiger charge is -2.32. The number of carbonyl (C=O) groups is 1. The second-order valence-corrected chi connectivity index (χ2v) is 6.22. The third-order valence-corrected chi connectivity index (χ3v) is 4.56. The average molecular weight is 289 g/mol. The molecule has 1 aromatic rings. The second-order valence-electron chi connectivity index (χ2n) is 6.22. The Kier molecular flexibility index (Phi) is 4.48. The molecule has 1 saturated carbocycles. The molecule has 0 aromatic carbocycles. The molecule has 3 rings (SSSR count). The molecule has 2 aliphatic rings. The highest BCUT2D eigenvalue weighted by molar-refractivity contribution is 5.76. The molecule has 1 atom stereocenters. The smallest absolute Gasteiger partial charge is 0.220 e. The Bertz CT molecular complexity index is 472. The zero-order valence-corrected chi connectivity index (χ0v) is 12.4. The van der Waals surface area contributed by atoms with Crippen LogP contribution in [0.15, 0.2) is 18.6 Å². The topological polar surface area (TPSA) is 64.1 Å². The Morgan fingerprint density at radius 2 is 2.19 bits per heavy atom. The largest absolute Gasteiger partial charge is 0.373 e. The first kappa shape index (κ1) is 14.4. The summed E-state index contributed by atoms with van der Waals surface area (Å²) < 4.78 is 6.02. The first-order valence-electron chi connectivity index (χ1n) is 7.94. The van der Waals surface area contributed by atoms with Crippen LogP contribution in [0.5, 0.6) is 0 Å². The Morgan fingerprint density at radius 1 is 1.33 bits per heavy atom. The molecule has 1 N–H and O–H groups in total. The zero-order valence-electron chi connectivity index (χ0n) is 12.4. The number of nitrogens with zero attached hydrogens (tertiary/aromatic N) is 2. The van der Waals surface area contributed by atoms with Gasteiger partial charge in [-0.2, -0.15) is 0 Å². The summed E-state index contributed by atoms with van der Waals surface area (Å²) in [6.45, 7) is 0.664. The molecule has 1 spiro atoms. The maximum atomic E-state index is 12.0. The monoisotopic (exact) mass is 289 g/mol. The van der Waals surface area contributed by atoms with Gasteiger partial charge < -0.3 is 10.1 Å². The third kappa shape index (κ3) is 3.79. The van der Waals surface area contributed by atoms with Crippen LogP contribution < -0.4 is 5.32 Å². The highest BCUT2D eigenvalue weighted by Gasteiger charge is 2.41. The number of ether oxygens (including phenoxy) is 1. The molecule has 5 nitrogen and oxygen atoms in total. The lowest BCUT2D eigenvalue weighted by atomic mass is 9.82. The van der Waals surface area contributed by atoms with Crippen LogP contribution in [-0.4, -0.2) is 34.1 Å². The Balaban J connectivity index is 1.43. The van der Waals surface area contributed by atoms with Crippen LogP contribution in [0.4, 0.5) is 0 Å². The van der Waals surface area contributed by atoms with Gasteiger partial charge in [0.25, 0.3) is 0 Å². The maximum absolute atomic E-state index is 12.0. The van der Waals surface area contributed by atoms with Crippen molar-refractivity contribution in [1.82, 2.24) is 15.3 Å². The van der Waals surface area contributed by atoms with E-state index < -0.39 is 0 Å². The van der Waals surface area contributed by atoms with Crippen molar-refractivity contribution in [2.45, 2.75) is 63.0 Å². The van der Waals surface area contributed by atoms with E-state index in [9.17, 15) is 4.79 Å². The molecule has 1 amide bonds. The molecular formula is C16H23N3O2. The normalized spacial score (nSPS) is 24.1. The summed E-state index contributed by atoms with van der Waals surface area (Å²) >= 11 is 0. The van der Waals surface area contributed by atoms with Gasteiger partial charge in [-0.15, -0.1) is 0 Å². The van der Waals surface area contributed by atoms with Crippen LogP contribution >= 0.6 is 0 Å². The van der Waals surface area contributed by atoms with E-state index in [0.717, 1.165) is 25.0 Å². The van der Waals surface area contributed by atoms with Gasteiger partial charge in [-0.25, -0.2) is 0 Å². The SMILES string of the molecule is O=C(CCc1cnccn1)N[C@H]1COC2(CCCCC2)C1. The molecule has 2 heterocycles. The van der Waals surface area contributed by atoms with E-state index in [1.54, 1.807) is 18.6 Å². The van der Waals surface area contributed by atoms with Crippen molar-refractivity contribution in [2.24, 2.45) is 0 Å². The predicted molar refractivity (Wildman–Crippen MR) is 78.7 cm³/mol. The van der Waals surface area contributed by atoms with Gasteiger partial charge in [-0.05, 0) is 25.7 Å². The Hall–Kier alpha value is -1.49. The third-order valence-electron chi connectivity index (χ3n) is 4.56. The number of hydrogen-bond donors (Lipinski definition) is 1. The van der Waals surface area contributed by atoms with Crippen LogP contribution in [0.25, 0.3) is 0 Å². The van der Waals surface area contributed by atoms with Crippen molar-refractivity contribution >= 4 is 5.91 Å². The molecular weight excluding hydrogens is 266 g/mol. The van der Waals surface area contributed by atoms with Gasteiger partial charge in [0.2, 0.25) is 5.91 Å². The standard InChI is InChI=1S/C16H23N3O2/c20-15(5-4-13-11-17-8-9-18-13)19-14-10-16(21-12-14)6-2-1-3-7-16/h8-9,11,14H,1-7,10,12H2,(H,19,20)/t14-/m1/s1. The lowest BCUT2D eigenvalue weighted by Crippen LogP contribution is -2.37. The van der Waals surface area contributed by atoms with E-state index >= 15 is 0 Å². The highest BCUT2D eigenvalue weighted by Crippen LogP contribution is 2.39. The first-order chi connectivity index (χ1) is 10.3. The maximum Gasteiger partial charge on any atom is 0.220 e. The summed E-state index contributed by atoms with van der Waals surface area (Å²) in [5.74, 6) is 0.0853. The molecule has 21 heavy (non-hydrogen) atoms. The summed E-state index contributed by atoms with van der Waals surface area (Å²) in [6.07, 6.45) is 13.2. The van der Waals surface area contributed by atoms with Crippen LogP contribution in [0.2, 0.25) is 0 Å². The first-order valence-corrected chi connectivity index (χ1v) is 7.94. The van der Waals surface area contributed by atoms with Gasteiger partial charge in [0.05, 0.1) is 23.9 Å². The molecule has 1 aliphatic heterocycles. The van der Waals surface area contributed by atoms with E-state index in [-0.39, 0.29) is 17.6 Å². The molecule has 5 heteroatoms. The number of aryl methyl sites for hydroxylation is 1. The van der Waals surface area contributed by atoms with Crippen LogP contribution in [-0.2, 0) is 16.0 Å². The number of nitrogens with one attached hydrogen (secondary N) is 1. The van der Waals surface area contributed by atoms with E-state index in [0.29, 0.717) is 19.4 Å². The van der Waals surface area contributed by atoms with E-state index in [4.69, 9.17) is 4.74 Å². The molecule has 1 aliphatic carbocycles. The van der Waals surface area contributed by atoms with Crippen LogP contribution in [0, 0.1) is 0 Å². The van der Waals surface area contributed by atoms with E-state index in [1.165, 1.54) is 19.3 Å². The van der Waals surface area contributed by atoms with Crippen molar-refractivity contribution in [2.75, 3.05) is 6.61 Å². The highest BCUT2D eigenvalue weighted by atomic mass is 16.5. The summed E-state index contributed by atoms with van der Waals surface area (Å²) in [6, 6.07) is 0.178. The molecule has 0 bridgehead atoms. The van der Waals surface area contributed by atoms with Crippen LogP contribution in [0.3, 0.4) is 0 Å². The molecule has 1 saturated heterocycles. The number of carbonyl (C=O) groups excluding carboxylic acids is 1. The van der Waals surface area contributed by atoms with E-state index in [1.807, 2.05) is 0 Å². The lowest BCUT2D eigenvalue weighted by molar-refractivity contribution is -0.121. The van der Waals surface area contributed by atoms with Crippen molar-refractivity contribution in [3.63, 3.8) is 0 Å². The van der Waals surface area contributed by atoms with Gasteiger partial charge in [0.1, 0.15) is 0 Å².